The van der Waals surface area contributed by atoms with Crippen molar-refractivity contribution >= 4 is 30.7 Å². The molecule has 0 bridgehead atoms. The van der Waals surface area contributed by atoms with Gasteiger partial charge in [0.15, 0.2) is 0 Å². The molecule has 2 aliphatic heterocycles. The van der Waals surface area contributed by atoms with Crippen LogP contribution in [0.3, 0.4) is 0 Å². The van der Waals surface area contributed by atoms with Gasteiger partial charge in [-0.25, -0.2) is 0 Å². The summed E-state index contributed by atoms with van der Waals surface area (Å²) >= 11 is 0. The van der Waals surface area contributed by atoms with Crippen molar-refractivity contribution < 1.29 is 4.79 Å². The van der Waals surface area contributed by atoms with E-state index in [2.05, 4.69) is 39.8 Å². The van der Waals surface area contributed by atoms with Gasteiger partial charge < -0.3 is 15.5 Å². The van der Waals surface area contributed by atoms with E-state index in [0.717, 1.165) is 25.6 Å². The van der Waals surface area contributed by atoms with Crippen molar-refractivity contribution in [1.82, 2.24) is 15.5 Å². The van der Waals surface area contributed by atoms with Crippen LogP contribution in [-0.4, -0.2) is 42.5 Å². The third-order valence-electron chi connectivity index (χ3n) is 5.34. The maximum Gasteiger partial charge on any atom is 0.237 e. The van der Waals surface area contributed by atoms with Crippen LogP contribution in [-0.2, 0) is 17.8 Å². The molecule has 4 rings (SSSR count). The number of hydrogen-bond acceptors (Lipinski definition) is 3. The highest BCUT2D eigenvalue weighted by Crippen LogP contribution is 2.31. The smallest absolute Gasteiger partial charge is 0.237 e. The molecule has 24 heavy (non-hydrogen) atoms. The third-order valence-corrected chi connectivity index (χ3v) is 5.34. The van der Waals surface area contributed by atoms with Crippen LogP contribution in [0.2, 0.25) is 0 Å². The van der Waals surface area contributed by atoms with Crippen LogP contribution in [0, 0.1) is 5.92 Å². The van der Waals surface area contributed by atoms with E-state index in [-0.39, 0.29) is 36.8 Å². The van der Waals surface area contributed by atoms with Gasteiger partial charge in [-0.15, -0.1) is 24.8 Å². The highest BCUT2D eigenvalue weighted by Gasteiger charge is 2.34. The van der Waals surface area contributed by atoms with E-state index < -0.39 is 0 Å². The Labute approximate surface area is 156 Å². The Morgan fingerprint density at radius 1 is 1.17 bits per heavy atom. The zero-order valence-corrected chi connectivity index (χ0v) is 15.5. The van der Waals surface area contributed by atoms with Gasteiger partial charge in [0.05, 0.1) is 6.04 Å². The summed E-state index contributed by atoms with van der Waals surface area (Å²) in [5.74, 6) is 0.805. The summed E-state index contributed by atoms with van der Waals surface area (Å²) in [7, 11) is 0. The molecule has 1 aliphatic carbocycles. The van der Waals surface area contributed by atoms with E-state index >= 15 is 0 Å². The maximum absolute atomic E-state index is 12.4. The highest BCUT2D eigenvalue weighted by atomic mass is 35.5. The molecule has 2 unspecified atom stereocenters. The molecular weight excluding hydrogens is 345 g/mol. The Kier molecular flexibility index (Phi) is 6.93. The number of nitrogens with zero attached hydrogens (tertiary/aromatic N) is 1. The molecule has 1 aromatic rings. The highest BCUT2D eigenvalue weighted by molar-refractivity contribution is 5.85. The van der Waals surface area contributed by atoms with E-state index in [1.165, 1.54) is 43.5 Å². The second-order valence-corrected chi connectivity index (χ2v) is 7.03. The molecule has 1 saturated carbocycles. The summed E-state index contributed by atoms with van der Waals surface area (Å²) in [5, 5.41) is 6.54. The van der Waals surface area contributed by atoms with Crippen molar-refractivity contribution in [3.8, 4) is 0 Å². The monoisotopic (exact) mass is 371 g/mol. The Morgan fingerprint density at radius 3 is 2.67 bits per heavy atom. The molecule has 3 aliphatic rings. The van der Waals surface area contributed by atoms with Crippen molar-refractivity contribution in [3.05, 3.63) is 35.4 Å². The largest absolute Gasteiger partial charge is 0.354 e. The van der Waals surface area contributed by atoms with Crippen LogP contribution in [0.1, 0.15) is 30.4 Å². The molecule has 2 atom stereocenters. The minimum atomic E-state index is -0.0733. The number of likely N-dealkylation sites (tertiary alicyclic amines) is 1. The molecule has 0 radical (unpaired) electrons. The lowest BCUT2D eigenvalue weighted by atomic mass is 9.95. The number of halogens is 2. The summed E-state index contributed by atoms with van der Waals surface area (Å²) in [5.41, 5.74) is 2.63. The predicted molar refractivity (Wildman–Crippen MR) is 101 cm³/mol. The van der Waals surface area contributed by atoms with Gasteiger partial charge in [-0.05, 0) is 49.3 Å². The van der Waals surface area contributed by atoms with Gasteiger partial charge in [-0.3, -0.25) is 4.79 Å². The molecule has 2 N–H and O–H groups in total. The average Bonchev–Trinajstić information content (AvgIpc) is 3.31. The maximum atomic E-state index is 12.4. The number of rotatable bonds is 4. The number of hydrogen-bond donors (Lipinski definition) is 2. The standard InChI is InChI=1S/C18H25N3O.2ClH/c22-18(17-9-14-3-1-2-4-15(14)11-19-17)20-10-13-7-8-21(12-13)16-5-6-16;;/h1-4,13,16-17,19H,5-12H2,(H,20,22);2*1H. The first-order valence-electron chi connectivity index (χ1n) is 8.61. The molecule has 1 saturated heterocycles. The van der Waals surface area contributed by atoms with Crippen molar-refractivity contribution in [1.29, 1.82) is 0 Å². The van der Waals surface area contributed by atoms with Gasteiger partial charge in [0.1, 0.15) is 0 Å². The number of carbonyl (C=O) groups excluding carboxylic acids is 1. The van der Waals surface area contributed by atoms with Crippen molar-refractivity contribution in [2.75, 3.05) is 19.6 Å². The Hall–Kier alpha value is -0.810. The van der Waals surface area contributed by atoms with Crippen LogP contribution in [0.25, 0.3) is 0 Å². The lowest BCUT2D eigenvalue weighted by Gasteiger charge is -2.26. The van der Waals surface area contributed by atoms with Crippen LogP contribution >= 0.6 is 24.8 Å². The average molecular weight is 372 g/mol. The van der Waals surface area contributed by atoms with E-state index in [1.54, 1.807) is 0 Å². The minimum absolute atomic E-state index is 0. The fourth-order valence-electron chi connectivity index (χ4n) is 3.81. The predicted octanol–water partition coefficient (Wildman–Crippen LogP) is 2.15. The van der Waals surface area contributed by atoms with Crippen LogP contribution < -0.4 is 10.6 Å². The normalized spacial score (nSPS) is 26.0. The zero-order chi connectivity index (χ0) is 14.9. The molecule has 1 aromatic carbocycles. The Bertz CT molecular complexity index is 565. The quantitative estimate of drug-likeness (QED) is 0.851. The third kappa shape index (κ3) is 4.42. The van der Waals surface area contributed by atoms with Gasteiger partial charge >= 0.3 is 0 Å². The molecule has 4 nitrogen and oxygen atoms in total. The van der Waals surface area contributed by atoms with Gasteiger partial charge in [-0.1, -0.05) is 24.3 Å². The fourth-order valence-corrected chi connectivity index (χ4v) is 3.81. The number of nitrogens with one attached hydrogen (secondary N) is 2. The second kappa shape index (κ2) is 8.52. The second-order valence-electron chi connectivity index (χ2n) is 7.03. The van der Waals surface area contributed by atoms with Crippen LogP contribution in [0.5, 0.6) is 0 Å². The topological polar surface area (TPSA) is 44.4 Å². The molecule has 134 valence electrons. The molecule has 1 amide bonds. The van der Waals surface area contributed by atoms with E-state index in [0.29, 0.717) is 5.92 Å². The van der Waals surface area contributed by atoms with Gasteiger partial charge in [0, 0.05) is 25.7 Å². The molecule has 0 spiro atoms. The first-order chi connectivity index (χ1) is 10.8. The van der Waals surface area contributed by atoms with Gasteiger partial charge in [0.25, 0.3) is 0 Å². The lowest BCUT2D eigenvalue weighted by molar-refractivity contribution is -0.123. The summed E-state index contributed by atoms with van der Waals surface area (Å²) in [4.78, 5) is 15.0. The summed E-state index contributed by atoms with van der Waals surface area (Å²) in [6.07, 6.45) is 4.80. The first-order valence-corrected chi connectivity index (χ1v) is 8.61. The van der Waals surface area contributed by atoms with Crippen LogP contribution in [0.4, 0.5) is 0 Å². The van der Waals surface area contributed by atoms with E-state index in [1.807, 2.05) is 0 Å². The van der Waals surface area contributed by atoms with E-state index in [4.69, 9.17) is 0 Å². The van der Waals surface area contributed by atoms with Gasteiger partial charge in [0.2, 0.25) is 5.91 Å². The molecule has 2 fully saturated rings. The minimum Gasteiger partial charge on any atom is -0.354 e. The first kappa shape index (κ1) is 19.5. The number of benzene rings is 1. The fraction of sp³-hybridized carbons (Fsp3) is 0.611. The van der Waals surface area contributed by atoms with Crippen molar-refractivity contribution in [2.45, 2.75) is 44.3 Å². The van der Waals surface area contributed by atoms with Crippen molar-refractivity contribution in [3.63, 3.8) is 0 Å². The summed E-state index contributed by atoms with van der Waals surface area (Å²) in [6, 6.07) is 9.19. The molecule has 6 heteroatoms. The van der Waals surface area contributed by atoms with Gasteiger partial charge in [-0.2, -0.15) is 0 Å². The van der Waals surface area contributed by atoms with Crippen LogP contribution in [0.15, 0.2) is 24.3 Å². The Balaban J connectivity index is 0.00000104. The molecule has 0 aromatic heterocycles. The number of fused-ring (bicyclic) bond motifs is 1. The van der Waals surface area contributed by atoms with Crippen molar-refractivity contribution in [2.24, 2.45) is 5.92 Å². The molecular formula is C18H27Cl2N3O. The summed E-state index contributed by atoms with van der Waals surface area (Å²) in [6.45, 7) is 4.03. The SMILES string of the molecule is Cl.Cl.O=C(NCC1CCN(C2CC2)C1)C1Cc2ccccc2CN1. The van der Waals surface area contributed by atoms with E-state index in [9.17, 15) is 4.79 Å². The lowest BCUT2D eigenvalue weighted by Crippen LogP contribution is -2.48. The zero-order valence-electron chi connectivity index (χ0n) is 13.9. The molecule has 2 heterocycles. The number of amides is 1. The number of carbonyl (C=O) groups is 1. The summed E-state index contributed by atoms with van der Waals surface area (Å²) < 4.78 is 0. The Morgan fingerprint density at radius 2 is 1.92 bits per heavy atom.